The summed E-state index contributed by atoms with van der Waals surface area (Å²) in [7, 11) is -0.808. The topological polar surface area (TPSA) is 54.5 Å². The zero-order chi connectivity index (χ0) is 9.84. The molecule has 0 spiro atoms. The van der Waals surface area contributed by atoms with Gasteiger partial charge in [0.2, 0.25) is 5.78 Å². The minimum absolute atomic E-state index is 0.294. The lowest BCUT2D eigenvalue weighted by atomic mass is 10.3. The third-order valence-corrected chi connectivity index (χ3v) is 2.86. The van der Waals surface area contributed by atoms with Gasteiger partial charge in [-0.05, 0) is 6.42 Å². The lowest BCUT2D eigenvalue weighted by molar-refractivity contribution is -0.139. The van der Waals surface area contributed by atoms with Crippen LogP contribution in [0.3, 0.4) is 0 Å². The molecule has 0 aromatic heterocycles. The predicted octanol–water partition coefficient (Wildman–Crippen LogP) is -0.444. The van der Waals surface area contributed by atoms with Gasteiger partial charge in [-0.1, -0.05) is 0 Å². The van der Waals surface area contributed by atoms with Gasteiger partial charge in [-0.25, -0.2) is 0 Å². The van der Waals surface area contributed by atoms with Crippen LogP contribution in [0.5, 0.6) is 0 Å². The van der Waals surface area contributed by atoms with E-state index in [-0.39, 0.29) is 11.7 Å². The second-order valence-electron chi connectivity index (χ2n) is 3.10. The highest BCUT2D eigenvalue weighted by atomic mass is 32.2. The van der Waals surface area contributed by atoms with Gasteiger partial charge in [-0.15, -0.1) is 0 Å². The van der Waals surface area contributed by atoms with Crippen LogP contribution in [0.1, 0.15) is 12.8 Å². The summed E-state index contributed by atoms with van der Waals surface area (Å²) in [6.07, 6.45) is 2.69. The van der Waals surface area contributed by atoms with Gasteiger partial charge in [0.1, 0.15) is 0 Å². The van der Waals surface area contributed by atoms with Gasteiger partial charge in [0, 0.05) is 42.3 Å². The van der Waals surface area contributed by atoms with E-state index in [1.165, 1.54) is 4.90 Å². The Morgan fingerprint density at radius 1 is 1.46 bits per heavy atom. The Morgan fingerprint density at radius 3 is 2.62 bits per heavy atom. The quantitative estimate of drug-likeness (QED) is 0.582. The van der Waals surface area contributed by atoms with Crippen molar-refractivity contribution in [3.05, 3.63) is 0 Å². The number of nitrogens with zero attached hydrogens (tertiary/aromatic N) is 1. The summed E-state index contributed by atoms with van der Waals surface area (Å²) < 4.78 is 10.7. The molecule has 5 heteroatoms. The van der Waals surface area contributed by atoms with Crippen molar-refractivity contribution in [2.24, 2.45) is 0 Å². The molecule has 0 aromatic rings. The summed E-state index contributed by atoms with van der Waals surface area (Å²) in [4.78, 5) is 23.4. The average Bonchev–Trinajstić information content (AvgIpc) is 2.35. The molecule has 0 aliphatic carbocycles. The Labute approximate surface area is 79.7 Å². The maximum absolute atomic E-state index is 11.1. The van der Waals surface area contributed by atoms with Crippen molar-refractivity contribution in [1.29, 1.82) is 0 Å². The molecular weight excluding hydrogens is 190 g/mol. The van der Waals surface area contributed by atoms with Crippen LogP contribution in [-0.4, -0.2) is 45.9 Å². The molecule has 1 aliphatic rings. The van der Waals surface area contributed by atoms with E-state index in [1.807, 2.05) is 0 Å². The first-order valence-electron chi connectivity index (χ1n) is 4.23. The summed E-state index contributed by atoms with van der Waals surface area (Å²) in [5, 5.41) is 0. The highest BCUT2D eigenvalue weighted by Crippen LogP contribution is 2.06. The van der Waals surface area contributed by atoms with Crippen LogP contribution >= 0.6 is 0 Å². The van der Waals surface area contributed by atoms with Gasteiger partial charge in [-0.2, -0.15) is 0 Å². The number of carbonyl (C=O) groups excluding carboxylic acids is 2. The Hall–Kier alpha value is -0.710. The molecule has 74 valence electrons. The normalized spacial score (nSPS) is 19.6. The number of Topliss-reactive ketones (excluding diaryl/α,β-unsaturated/α-hetero) is 1. The fourth-order valence-corrected chi connectivity index (χ4v) is 1.83. The first-order valence-corrected chi connectivity index (χ1v) is 5.96. The van der Waals surface area contributed by atoms with Gasteiger partial charge in [0.25, 0.3) is 5.91 Å². The van der Waals surface area contributed by atoms with E-state index in [1.54, 1.807) is 6.26 Å². The molecule has 1 fully saturated rings. The highest BCUT2D eigenvalue weighted by molar-refractivity contribution is 7.84. The smallest absolute Gasteiger partial charge is 0.290 e. The summed E-state index contributed by atoms with van der Waals surface area (Å²) in [5.74, 6) is -0.0719. The van der Waals surface area contributed by atoms with Crippen molar-refractivity contribution >= 4 is 22.5 Å². The lowest BCUT2D eigenvalue weighted by Gasteiger charge is -2.12. The van der Waals surface area contributed by atoms with Crippen molar-refractivity contribution in [2.45, 2.75) is 12.8 Å². The number of likely N-dealkylation sites (tertiary alicyclic amines) is 1. The van der Waals surface area contributed by atoms with E-state index in [0.29, 0.717) is 31.7 Å². The first kappa shape index (κ1) is 10.4. The van der Waals surface area contributed by atoms with Crippen LogP contribution in [0.15, 0.2) is 0 Å². The third kappa shape index (κ3) is 2.91. The fourth-order valence-electron chi connectivity index (χ4n) is 1.29. The summed E-state index contributed by atoms with van der Waals surface area (Å²) in [6, 6.07) is 0. The van der Waals surface area contributed by atoms with E-state index < -0.39 is 10.8 Å². The second kappa shape index (κ2) is 4.50. The zero-order valence-electron chi connectivity index (χ0n) is 7.62. The van der Waals surface area contributed by atoms with E-state index in [9.17, 15) is 13.8 Å². The summed E-state index contributed by atoms with van der Waals surface area (Å²) in [5.41, 5.74) is 0. The van der Waals surface area contributed by atoms with E-state index in [2.05, 4.69) is 0 Å². The van der Waals surface area contributed by atoms with Crippen LogP contribution in [0, 0.1) is 0 Å². The summed E-state index contributed by atoms with van der Waals surface area (Å²) >= 11 is 0. The minimum atomic E-state index is -0.808. The molecule has 0 saturated carbocycles. The Morgan fingerprint density at radius 2 is 2.15 bits per heavy atom. The maximum atomic E-state index is 11.1. The molecule has 0 bridgehead atoms. The number of hydrogen-bond donors (Lipinski definition) is 0. The van der Waals surface area contributed by atoms with E-state index in [4.69, 9.17) is 0 Å². The molecule has 1 rings (SSSR count). The third-order valence-electron chi connectivity index (χ3n) is 1.99. The van der Waals surface area contributed by atoms with Crippen molar-refractivity contribution in [1.82, 2.24) is 4.90 Å². The number of hydrogen-bond acceptors (Lipinski definition) is 3. The SMILES string of the molecule is CS(=O)CCCN1CCC(=O)C1=O. The molecular formula is C8H13NO3S. The molecule has 1 saturated heterocycles. The van der Waals surface area contributed by atoms with Crippen LogP contribution in [-0.2, 0) is 20.4 Å². The zero-order valence-corrected chi connectivity index (χ0v) is 8.43. The van der Waals surface area contributed by atoms with E-state index in [0.717, 1.165) is 0 Å². The molecule has 1 atom stereocenters. The summed E-state index contributed by atoms with van der Waals surface area (Å²) in [6.45, 7) is 1.10. The predicted molar refractivity (Wildman–Crippen MR) is 49.8 cm³/mol. The van der Waals surface area contributed by atoms with E-state index >= 15 is 0 Å². The van der Waals surface area contributed by atoms with Crippen LogP contribution in [0.4, 0.5) is 0 Å². The van der Waals surface area contributed by atoms with Gasteiger partial charge in [0.05, 0.1) is 0 Å². The molecule has 0 N–H and O–H groups in total. The molecule has 0 radical (unpaired) electrons. The largest absolute Gasteiger partial charge is 0.336 e. The molecule has 1 unspecified atom stereocenters. The maximum Gasteiger partial charge on any atom is 0.290 e. The van der Waals surface area contributed by atoms with Crippen molar-refractivity contribution in [3.63, 3.8) is 0 Å². The minimum Gasteiger partial charge on any atom is -0.336 e. The monoisotopic (exact) mass is 203 g/mol. The molecule has 1 heterocycles. The first-order chi connectivity index (χ1) is 6.11. The Balaban J connectivity index is 2.26. The standard InChI is InChI=1S/C8H13NO3S/c1-13(12)6-2-4-9-5-3-7(10)8(9)11/h2-6H2,1H3. The number of ketones is 1. The molecule has 1 aliphatic heterocycles. The molecule has 1 amide bonds. The average molecular weight is 203 g/mol. The molecule has 4 nitrogen and oxygen atoms in total. The van der Waals surface area contributed by atoms with Crippen molar-refractivity contribution in [3.8, 4) is 0 Å². The molecule has 0 aromatic carbocycles. The Bertz CT molecular complexity index is 252. The van der Waals surface area contributed by atoms with Crippen LogP contribution < -0.4 is 0 Å². The second-order valence-corrected chi connectivity index (χ2v) is 4.65. The van der Waals surface area contributed by atoms with Gasteiger partial charge < -0.3 is 4.90 Å². The number of amides is 1. The Kier molecular flexibility index (Phi) is 3.59. The number of rotatable bonds is 4. The lowest BCUT2D eigenvalue weighted by Crippen LogP contribution is -2.29. The van der Waals surface area contributed by atoms with Gasteiger partial charge >= 0.3 is 0 Å². The van der Waals surface area contributed by atoms with Gasteiger partial charge in [-0.3, -0.25) is 13.8 Å². The van der Waals surface area contributed by atoms with Crippen LogP contribution in [0.25, 0.3) is 0 Å². The fraction of sp³-hybridized carbons (Fsp3) is 0.750. The highest BCUT2D eigenvalue weighted by Gasteiger charge is 2.28. The van der Waals surface area contributed by atoms with Crippen LogP contribution in [0.2, 0.25) is 0 Å². The molecule has 13 heavy (non-hydrogen) atoms. The van der Waals surface area contributed by atoms with Crippen molar-refractivity contribution in [2.75, 3.05) is 25.1 Å². The van der Waals surface area contributed by atoms with Crippen molar-refractivity contribution < 1.29 is 13.8 Å². The van der Waals surface area contributed by atoms with Gasteiger partial charge in [0.15, 0.2) is 0 Å². The number of carbonyl (C=O) groups is 2.